The van der Waals surface area contributed by atoms with Crippen LogP contribution in [0.3, 0.4) is 0 Å². The molecule has 4 aromatic rings. The van der Waals surface area contributed by atoms with Crippen LogP contribution in [0, 0.1) is 0 Å². The van der Waals surface area contributed by atoms with Crippen LogP contribution in [0.5, 0.6) is 0 Å². The molecule has 39 heavy (non-hydrogen) atoms. The van der Waals surface area contributed by atoms with Crippen LogP contribution in [0.25, 0.3) is 22.4 Å². The van der Waals surface area contributed by atoms with E-state index in [2.05, 4.69) is 29.1 Å². The highest BCUT2D eigenvalue weighted by Crippen LogP contribution is 2.33. The lowest BCUT2D eigenvalue weighted by molar-refractivity contribution is 0.0923. The van der Waals surface area contributed by atoms with E-state index in [4.69, 9.17) is 19.4 Å². The minimum atomic E-state index is -0.577. The second-order valence-corrected chi connectivity index (χ2v) is 15.2. The number of pyridine rings is 1. The maximum atomic E-state index is 12.6. The fraction of sp³-hybridized carbons (Fsp3) is 0.379. The molecular formula is C29H36N6O3S. The maximum absolute atomic E-state index is 12.6. The van der Waals surface area contributed by atoms with Crippen LogP contribution in [-0.2, 0) is 22.8 Å². The van der Waals surface area contributed by atoms with E-state index in [1.807, 2.05) is 59.3 Å². The molecule has 0 spiro atoms. The van der Waals surface area contributed by atoms with Crippen LogP contribution in [0.1, 0.15) is 12.0 Å². The number of carbonyl (C=O) groups excluding carboxylic acids is 1. The SMILES string of the molecule is CS(C)(C)CCOCn1ccc2nc(-c3cccnc3NC3CCN(C(=O)OCc4ccccc4)C3)cnc21. The molecule has 1 N–H and O–H groups in total. The normalized spacial score (nSPS) is 16.0. The van der Waals surface area contributed by atoms with Gasteiger partial charge in [0.25, 0.3) is 0 Å². The second-order valence-electron chi connectivity index (χ2n) is 10.6. The number of hydrogen-bond acceptors (Lipinski definition) is 7. The predicted molar refractivity (Wildman–Crippen MR) is 157 cm³/mol. The summed E-state index contributed by atoms with van der Waals surface area (Å²) in [5, 5.41) is 3.51. The Labute approximate surface area is 230 Å². The first-order chi connectivity index (χ1) is 18.9. The molecule has 1 amide bonds. The van der Waals surface area contributed by atoms with Crippen LogP contribution in [0.4, 0.5) is 10.6 Å². The molecule has 5 rings (SSSR count). The Hall–Kier alpha value is -3.63. The van der Waals surface area contributed by atoms with Gasteiger partial charge in [-0.05, 0) is 49.0 Å². The van der Waals surface area contributed by atoms with Crippen LogP contribution in [-0.4, -0.2) is 80.8 Å². The third kappa shape index (κ3) is 7.07. The van der Waals surface area contributed by atoms with Crippen molar-refractivity contribution in [3.63, 3.8) is 0 Å². The molecular weight excluding hydrogens is 512 g/mol. The number of hydrogen-bond donors (Lipinski definition) is 1. The number of nitrogens with zero attached hydrogens (tertiary/aromatic N) is 5. The van der Waals surface area contributed by atoms with E-state index in [0.717, 1.165) is 52.6 Å². The number of anilines is 1. The third-order valence-corrected chi connectivity index (χ3v) is 8.00. The van der Waals surface area contributed by atoms with Gasteiger partial charge in [-0.15, -0.1) is 0 Å². The average Bonchev–Trinajstić information content (AvgIpc) is 3.57. The van der Waals surface area contributed by atoms with E-state index in [-0.39, 0.29) is 18.7 Å². The van der Waals surface area contributed by atoms with Gasteiger partial charge in [0.05, 0.1) is 18.5 Å². The highest BCUT2D eigenvalue weighted by molar-refractivity contribution is 8.32. The van der Waals surface area contributed by atoms with E-state index in [9.17, 15) is 4.79 Å². The minimum absolute atomic E-state index is 0.0628. The molecule has 1 unspecified atom stereocenters. The molecule has 1 atom stereocenters. The van der Waals surface area contributed by atoms with Gasteiger partial charge in [-0.1, -0.05) is 30.3 Å². The number of fused-ring (bicyclic) bond motifs is 1. The molecule has 0 aliphatic carbocycles. The van der Waals surface area contributed by atoms with E-state index >= 15 is 0 Å². The molecule has 206 valence electrons. The lowest BCUT2D eigenvalue weighted by atomic mass is 10.1. The smallest absolute Gasteiger partial charge is 0.410 e. The molecule has 10 heteroatoms. The molecule has 3 aromatic heterocycles. The van der Waals surface area contributed by atoms with Crippen LogP contribution >= 0.6 is 10.0 Å². The van der Waals surface area contributed by atoms with Crippen molar-refractivity contribution in [1.29, 1.82) is 0 Å². The molecule has 9 nitrogen and oxygen atoms in total. The lowest BCUT2D eigenvalue weighted by Gasteiger charge is -2.24. The van der Waals surface area contributed by atoms with Gasteiger partial charge in [-0.2, -0.15) is 0 Å². The fourth-order valence-electron chi connectivity index (χ4n) is 4.44. The quantitative estimate of drug-likeness (QED) is 0.279. The number of amides is 1. The zero-order chi connectivity index (χ0) is 27.2. The Morgan fingerprint density at radius 1 is 1.10 bits per heavy atom. The van der Waals surface area contributed by atoms with E-state index in [1.165, 1.54) is 0 Å². The predicted octanol–water partition coefficient (Wildman–Crippen LogP) is 4.98. The monoisotopic (exact) mass is 548 g/mol. The number of rotatable bonds is 10. The third-order valence-electron chi connectivity index (χ3n) is 6.61. The number of likely N-dealkylation sites (tertiary alicyclic amines) is 1. The van der Waals surface area contributed by atoms with Gasteiger partial charge in [0.1, 0.15) is 24.7 Å². The summed E-state index contributed by atoms with van der Waals surface area (Å²) in [4.78, 5) is 28.5. The topological polar surface area (TPSA) is 94.4 Å². The molecule has 0 bridgehead atoms. The molecule has 1 aromatic carbocycles. The zero-order valence-electron chi connectivity index (χ0n) is 22.7. The van der Waals surface area contributed by atoms with Gasteiger partial charge in [0.2, 0.25) is 0 Å². The maximum Gasteiger partial charge on any atom is 0.410 e. The van der Waals surface area contributed by atoms with Crippen LogP contribution in [0.2, 0.25) is 0 Å². The summed E-state index contributed by atoms with van der Waals surface area (Å²) < 4.78 is 13.4. The van der Waals surface area contributed by atoms with Crippen molar-refractivity contribution in [2.24, 2.45) is 0 Å². The molecule has 0 radical (unpaired) electrons. The highest BCUT2D eigenvalue weighted by Gasteiger charge is 2.28. The zero-order valence-corrected chi connectivity index (χ0v) is 23.6. The van der Waals surface area contributed by atoms with Crippen molar-refractivity contribution < 1.29 is 14.3 Å². The Kier molecular flexibility index (Phi) is 8.33. The number of benzene rings is 1. The summed E-state index contributed by atoms with van der Waals surface area (Å²) >= 11 is 0. The molecule has 1 saturated heterocycles. The standard InChI is InChI=1S/C29H36N6O3S/c1-39(2,3)17-16-37-21-35-15-12-25-28(35)31-18-26(33-25)24-10-7-13-30-27(24)32-23-11-14-34(19-23)29(36)38-20-22-8-5-4-6-9-22/h4-10,12-13,15,18,23H,11,14,16-17,19-21H2,1-3H3,(H,30,32). The number of carbonyl (C=O) groups is 1. The van der Waals surface area contributed by atoms with Gasteiger partial charge < -0.3 is 24.3 Å². The van der Waals surface area contributed by atoms with Crippen molar-refractivity contribution in [3.8, 4) is 11.3 Å². The number of nitrogens with one attached hydrogen (secondary N) is 1. The Balaban J connectivity index is 1.21. The van der Waals surface area contributed by atoms with Crippen molar-refractivity contribution in [1.82, 2.24) is 24.4 Å². The number of ether oxygens (including phenoxy) is 2. The van der Waals surface area contributed by atoms with Crippen molar-refractivity contribution in [2.75, 3.05) is 49.5 Å². The number of aromatic nitrogens is 4. The largest absolute Gasteiger partial charge is 0.445 e. The first-order valence-electron chi connectivity index (χ1n) is 13.1. The molecule has 1 aliphatic rings. The average molecular weight is 549 g/mol. The molecule has 1 fully saturated rings. The Bertz CT molecular complexity index is 1410. The van der Waals surface area contributed by atoms with E-state index in [1.54, 1.807) is 17.3 Å². The summed E-state index contributed by atoms with van der Waals surface area (Å²) in [6.07, 6.45) is 12.9. The van der Waals surface area contributed by atoms with Crippen LogP contribution in [0.15, 0.2) is 67.1 Å². The summed E-state index contributed by atoms with van der Waals surface area (Å²) in [5.41, 5.74) is 4.18. The highest BCUT2D eigenvalue weighted by atomic mass is 32.3. The van der Waals surface area contributed by atoms with Gasteiger partial charge in [-0.25, -0.2) is 29.8 Å². The first-order valence-corrected chi connectivity index (χ1v) is 16.1. The Morgan fingerprint density at radius 2 is 1.95 bits per heavy atom. The van der Waals surface area contributed by atoms with Crippen LogP contribution < -0.4 is 5.32 Å². The molecule has 4 heterocycles. The lowest BCUT2D eigenvalue weighted by Crippen LogP contribution is -2.32. The fourth-order valence-corrected chi connectivity index (χ4v) is 5.06. The van der Waals surface area contributed by atoms with Gasteiger partial charge in [0, 0.05) is 42.8 Å². The molecule has 0 saturated carbocycles. The summed E-state index contributed by atoms with van der Waals surface area (Å²) in [7, 11) is -0.577. The summed E-state index contributed by atoms with van der Waals surface area (Å²) in [6.45, 7) is 2.64. The van der Waals surface area contributed by atoms with Crippen molar-refractivity contribution >= 4 is 33.1 Å². The summed E-state index contributed by atoms with van der Waals surface area (Å²) in [6, 6.07) is 15.6. The Morgan fingerprint density at radius 3 is 2.77 bits per heavy atom. The first kappa shape index (κ1) is 27.0. The van der Waals surface area contributed by atoms with Crippen molar-refractivity contribution in [3.05, 3.63) is 72.7 Å². The van der Waals surface area contributed by atoms with Gasteiger partial charge in [0.15, 0.2) is 5.65 Å². The summed E-state index contributed by atoms with van der Waals surface area (Å²) in [5.74, 6) is 1.80. The van der Waals surface area contributed by atoms with E-state index in [0.29, 0.717) is 19.8 Å². The van der Waals surface area contributed by atoms with Crippen molar-refractivity contribution in [2.45, 2.75) is 25.8 Å². The van der Waals surface area contributed by atoms with Gasteiger partial charge in [-0.3, -0.25) is 0 Å². The molecule has 1 aliphatic heterocycles. The van der Waals surface area contributed by atoms with Gasteiger partial charge >= 0.3 is 6.09 Å². The minimum Gasteiger partial charge on any atom is -0.445 e. The van der Waals surface area contributed by atoms with E-state index < -0.39 is 10.0 Å². The second kappa shape index (κ2) is 12.0.